The van der Waals surface area contributed by atoms with Gasteiger partial charge in [0, 0.05) is 36.8 Å². The Hall–Kier alpha value is -1.22. The summed E-state index contributed by atoms with van der Waals surface area (Å²) in [4.78, 5) is 0. The fourth-order valence-corrected chi connectivity index (χ4v) is 1.44. The third kappa shape index (κ3) is 1.12. The van der Waals surface area contributed by atoms with E-state index < -0.39 is 0 Å². The van der Waals surface area contributed by atoms with Crippen LogP contribution in [0.15, 0.2) is 40.9 Å². The minimum Gasteiger partial charge on any atom is -0.367 e. The van der Waals surface area contributed by atoms with Crippen LogP contribution in [0.2, 0.25) is 0 Å². The number of hydrazone groups is 1. The fourth-order valence-electron chi connectivity index (χ4n) is 1.16. The smallest absolute Gasteiger partial charge is 0.158 e. The van der Waals surface area contributed by atoms with Crippen LogP contribution >= 0.6 is 11.6 Å². The van der Waals surface area contributed by atoms with E-state index in [4.69, 9.17) is 11.6 Å². The van der Waals surface area contributed by atoms with Crippen LogP contribution < -0.4 is 5.32 Å². The van der Waals surface area contributed by atoms with E-state index in [0.29, 0.717) is 5.17 Å². The second-order valence-corrected chi connectivity index (χ2v) is 2.96. The van der Waals surface area contributed by atoms with Crippen molar-refractivity contribution in [2.45, 2.75) is 0 Å². The van der Waals surface area contributed by atoms with E-state index in [9.17, 15) is 0 Å². The number of fused-ring (bicyclic) bond motifs is 1. The van der Waals surface area contributed by atoms with Crippen LogP contribution in [0.4, 0.5) is 0 Å². The first-order chi connectivity index (χ1) is 5.77. The number of dihydropyridines is 1. The molecule has 0 amide bonds. The number of hydrogen-bond acceptors (Lipinski definition) is 3. The van der Waals surface area contributed by atoms with Crippen LogP contribution in [-0.2, 0) is 0 Å². The van der Waals surface area contributed by atoms with Crippen LogP contribution in [0, 0.1) is 0 Å². The highest BCUT2D eigenvalue weighted by Crippen LogP contribution is 2.22. The van der Waals surface area contributed by atoms with Gasteiger partial charge in [-0.05, 0) is 6.08 Å². The molecule has 0 spiro atoms. The van der Waals surface area contributed by atoms with E-state index in [1.54, 1.807) is 5.01 Å². The fraction of sp³-hybridized carbons (Fsp3) is 0.125. The van der Waals surface area contributed by atoms with E-state index in [2.05, 4.69) is 10.4 Å². The summed E-state index contributed by atoms with van der Waals surface area (Å²) in [6.07, 6.45) is 7.58. The molecule has 0 aromatic carbocycles. The van der Waals surface area contributed by atoms with E-state index >= 15 is 0 Å². The average Bonchev–Trinajstić information content (AvgIpc) is 2.04. The lowest BCUT2D eigenvalue weighted by molar-refractivity contribution is 0.485. The maximum absolute atomic E-state index is 5.91. The molecule has 0 aromatic rings. The third-order valence-electron chi connectivity index (χ3n) is 1.69. The van der Waals surface area contributed by atoms with Gasteiger partial charge in [-0.2, -0.15) is 5.10 Å². The molecule has 2 rings (SSSR count). The monoisotopic (exact) mass is 181 g/mol. The Labute approximate surface area is 75.7 Å². The molecule has 2 heterocycles. The summed E-state index contributed by atoms with van der Waals surface area (Å²) in [7, 11) is 1.85. The maximum atomic E-state index is 5.91. The first-order valence-electron chi connectivity index (χ1n) is 3.59. The standard InChI is InChI=1S/C8H8ClN3/c1-12-5-6-2-3-10-4-7(6)8(9)11-12/h2-5,10H,1H3. The van der Waals surface area contributed by atoms with E-state index in [1.165, 1.54) is 0 Å². The van der Waals surface area contributed by atoms with Crippen molar-refractivity contribution >= 4 is 16.8 Å². The first kappa shape index (κ1) is 7.43. The van der Waals surface area contributed by atoms with Gasteiger partial charge in [0.2, 0.25) is 0 Å². The van der Waals surface area contributed by atoms with Crippen molar-refractivity contribution in [3.05, 3.63) is 35.8 Å². The highest BCUT2D eigenvalue weighted by atomic mass is 35.5. The van der Waals surface area contributed by atoms with Crippen molar-refractivity contribution < 1.29 is 0 Å². The van der Waals surface area contributed by atoms with Crippen molar-refractivity contribution in [2.75, 3.05) is 7.05 Å². The molecule has 12 heavy (non-hydrogen) atoms. The Kier molecular flexibility index (Phi) is 1.66. The molecule has 0 saturated carbocycles. The summed E-state index contributed by atoms with van der Waals surface area (Å²) < 4.78 is 0. The van der Waals surface area contributed by atoms with Gasteiger partial charge < -0.3 is 5.32 Å². The lowest BCUT2D eigenvalue weighted by Crippen LogP contribution is -2.18. The predicted octanol–water partition coefficient (Wildman–Crippen LogP) is 1.37. The number of nitrogens with zero attached hydrogens (tertiary/aromatic N) is 2. The minimum atomic E-state index is 0.520. The van der Waals surface area contributed by atoms with Gasteiger partial charge in [-0.15, -0.1) is 0 Å². The number of halogens is 1. The van der Waals surface area contributed by atoms with Gasteiger partial charge in [-0.3, -0.25) is 5.01 Å². The zero-order chi connectivity index (χ0) is 8.55. The Balaban J connectivity index is 2.42. The van der Waals surface area contributed by atoms with Crippen LogP contribution in [-0.4, -0.2) is 17.2 Å². The van der Waals surface area contributed by atoms with E-state index in [1.807, 2.05) is 31.7 Å². The van der Waals surface area contributed by atoms with Gasteiger partial charge in [-0.1, -0.05) is 11.6 Å². The van der Waals surface area contributed by atoms with Crippen LogP contribution in [0.3, 0.4) is 0 Å². The molecule has 3 nitrogen and oxygen atoms in total. The second-order valence-electron chi connectivity index (χ2n) is 2.61. The Morgan fingerprint density at radius 3 is 3.25 bits per heavy atom. The van der Waals surface area contributed by atoms with Gasteiger partial charge >= 0.3 is 0 Å². The molecule has 0 aliphatic carbocycles. The zero-order valence-electron chi connectivity index (χ0n) is 6.58. The van der Waals surface area contributed by atoms with Crippen molar-refractivity contribution in [2.24, 2.45) is 5.10 Å². The molecule has 0 unspecified atom stereocenters. The quantitative estimate of drug-likeness (QED) is 0.611. The van der Waals surface area contributed by atoms with Crippen LogP contribution in [0.1, 0.15) is 0 Å². The van der Waals surface area contributed by atoms with Crippen LogP contribution in [0.5, 0.6) is 0 Å². The molecule has 0 atom stereocenters. The number of rotatable bonds is 0. The molecular weight excluding hydrogens is 174 g/mol. The molecule has 1 N–H and O–H groups in total. The summed E-state index contributed by atoms with van der Waals surface area (Å²) >= 11 is 5.91. The maximum Gasteiger partial charge on any atom is 0.158 e. The molecule has 0 radical (unpaired) electrons. The van der Waals surface area contributed by atoms with Gasteiger partial charge in [-0.25, -0.2) is 0 Å². The first-order valence-corrected chi connectivity index (χ1v) is 3.97. The Morgan fingerprint density at radius 1 is 1.58 bits per heavy atom. The summed E-state index contributed by atoms with van der Waals surface area (Å²) in [5.74, 6) is 0. The molecule has 0 saturated heterocycles. The van der Waals surface area contributed by atoms with Crippen molar-refractivity contribution in [3.8, 4) is 0 Å². The number of nitrogens with one attached hydrogen (secondary N) is 1. The largest absolute Gasteiger partial charge is 0.367 e. The normalized spacial score (nSPS) is 20.5. The van der Waals surface area contributed by atoms with Crippen molar-refractivity contribution in [1.82, 2.24) is 10.3 Å². The minimum absolute atomic E-state index is 0.520. The molecule has 4 heteroatoms. The topological polar surface area (TPSA) is 27.6 Å². The van der Waals surface area contributed by atoms with Crippen LogP contribution in [0.25, 0.3) is 0 Å². The second kappa shape index (κ2) is 2.68. The number of hydrogen-bond donors (Lipinski definition) is 1. The molecule has 0 fully saturated rings. The van der Waals surface area contributed by atoms with Gasteiger partial charge in [0.05, 0.1) is 0 Å². The number of allylic oxidation sites excluding steroid dienone is 3. The van der Waals surface area contributed by atoms with Gasteiger partial charge in [0.25, 0.3) is 0 Å². The summed E-state index contributed by atoms with van der Waals surface area (Å²) in [5, 5.41) is 9.25. The zero-order valence-corrected chi connectivity index (χ0v) is 7.34. The van der Waals surface area contributed by atoms with Crippen molar-refractivity contribution in [1.29, 1.82) is 0 Å². The summed E-state index contributed by atoms with van der Waals surface area (Å²) in [6.45, 7) is 0. The highest BCUT2D eigenvalue weighted by Gasteiger charge is 2.15. The van der Waals surface area contributed by atoms with Gasteiger partial charge in [0.15, 0.2) is 5.17 Å². The average molecular weight is 182 g/mol. The Bertz CT molecular complexity index is 325. The Morgan fingerprint density at radius 2 is 2.42 bits per heavy atom. The molecule has 0 bridgehead atoms. The SMILES string of the molecule is CN1C=C2C=CNC=C2C(Cl)=N1. The summed E-state index contributed by atoms with van der Waals surface area (Å²) in [5.41, 5.74) is 2.02. The van der Waals surface area contributed by atoms with E-state index in [0.717, 1.165) is 11.1 Å². The molecule has 2 aliphatic heterocycles. The van der Waals surface area contributed by atoms with Gasteiger partial charge in [0.1, 0.15) is 0 Å². The summed E-state index contributed by atoms with van der Waals surface area (Å²) in [6, 6.07) is 0. The molecular formula is C8H8ClN3. The molecule has 0 aromatic heterocycles. The predicted molar refractivity (Wildman–Crippen MR) is 49.5 cm³/mol. The third-order valence-corrected chi connectivity index (χ3v) is 1.97. The van der Waals surface area contributed by atoms with E-state index in [-0.39, 0.29) is 0 Å². The lowest BCUT2D eigenvalue weighted by Gasteiger charge is -2.20. The lowest BCUT2D eigenvalue weighted by atomic mass is 10.1. The van der Waals surface area contributed by atoms with Crippen molar-refractivity contribution in [3.63, 3.8) is 0 Å². The molecule has 62 valence electrons. The highest BCUT2D eigenvalue weighted by molar-refractivity contribution is 6.70. The molecule has 2 aliphatic rings.